The molecule has 0 aliphatic carbocycles. The van der Waals surface area contributed by atoms with Gasteiger partial charge in [0.15, 0.2) is 6.61 Å². The van der Waals surface area contributed by atoms with E-state index in [-0.39, 0.29) is 31.0 Å². The quantitative estimate of drug-likeness (QED) is 0.418. The van der Waals surface area contributed by atoms with E-state index >= 15 is 0 Å². The summed E-state index contributed by atoms with van der Waals surface area (Å²) in [5, 5.41) is 10.3. The van der Waals surface area contributed by atoms with Gasteiger partial charge in [0.1, 0.15) is 11.5 Å². The Morgan fingerprint density at radius 3 is 2.42 bits per heavy atom. The first-order valence-corrected chi connectivity index (χ1v) is 9.31. The van der Waals surface area contributed by atoms with Gasteiger partial charge in [0.05, 0.1) is 23.5 Å². The minimum atomic E-state index is -1.10. The summed E-state index contributed by atoms with van der Waals surface area (Å²) >= 11 is 0. The molecule has 3 N–H and O–H groups in total. The van der Waals surface area contributed by atoms with Crippen molar-refractivity contribution in [3.8, 4) is 11.5 Å². The average Bonchev–Trinajstić information content (AvgIpc) is 3.06. The Morgan fingerprint density at radius 1 is 1.03 bits per heavy atom. The minimum absolute atomic E-state index is 0. The first-order chi connectivity index (χ1) is 14.5. The maximum Gasteiger partial charge on any atom is 1.00 e. The topological polar surface area (TPSA) is 104 Å². The zero-order valence-corrected chi connectivity index (χ0v) is 19.3. The zero-order valence-electron chi connectivity index (χ0n) is 18.3. The maximum atomic E-state index is 12.2. The fraction of sp³-hybridized carbons (Fsp3) is 0.130. The number of nitrogens with two attached hydrogens (primary N) is 1. The Balaban J connectivity index is 0.00000181. The third-order valence-corrected chi connectivity index (χ3v) is 4.96. The average molecular weight is 428 g/mol. The molecule has 3 aromatic carbocycles. The van der Waals surface area contributed by atoms with Crippen molar-refractivity contribution in [3.63, 3.8) is 0 Å². The SMILES string of the molecule is COc1cc(OCC(=O)O)c2c3c(C(N)=O)cccc3n(Cc3ccccc3)c2c1.[H-].[Na+]. The van der Waals surface area contributed by atoms with Crippen molar-refractivity contribution in [2.24, 2.45) is 5.73 Å². The second-order valence-corrected chi connectivity index (χ2v) is 6.84. The molecular weight excluding hydrogens is 407 g/mol. The van der Waals surface area contributed by atoms with Gasteiger partial charge >= 0.3 is 35.5 Å². The standard InChI is InChI=1S/C23H20N2O5.Na.H/c1-29-15-10-18-22(19(11-15)30-13-20(26)27)21-16(23(24)28)8-5-9-17(21)25(18)12-14-6-3-2-4-7-14;;/h2-11H,12-13H2,1H3,(H2,24,28)(H,26,27);;/q;+1;-1. The summed E-state index contributed by atoms with van der Waals surface area (Å²) < 4.78 is 13.0. The van der Waals surface area contributed by atoms with Crippen molar-refractivity contribution in [3.05, 3.63) is 71.8 Å². The van der Waals surface area contributed by atoms with Crippen LogP contribution < -0.4 is 44.8 Å². The number of primary amides is 1. The van der Waals surface area contributed by atoms with Gasteiger partial charge in [0, 0.05) is 29.6 Å². The molecule has 8 heteroatoms. The first kappa shape index (κ1) is 22.7. The zero-order chi connectivity index (χ0) is 21.3. The Kier molecular flexibility index (Phi) is 6.90. The van der Waals surface area contributed by atoms with Gasteiger partial charge in [-0.15, -0.1) is 0 Å². The fourth-order valence-electron chi connectivity index (χ4n) is 3.71. The van der Waals surface area contributed by atoms with Crippen LogP contribution in [0.25, 0.3) is 21.8 Å². The number of carboxylic acids is 1. The van der Waals surface area contributed by atoms with E-state index in [1.807, 2.05) is 47.0 Å². The van der Waals surface area contributed by atoms with Crippen LogP contribution in [0.1, 0.15) is 17.3 Å². The van der Waals surface area contributed by atoms with E-state index in [4.69, 9.17) is 20.3 Å². The maximum absolute atomic E-state index is 12.2. The Morgan fingerprint density at radius 2 is 1.77 bits per heavy atom. The molecule has 4 aromatic rings. The monoisotopic (exact) mass is 428 g/mol. The molecule has 0 spiro atoms. The summed E-state index contributed by atoms with van der Waals surface area (Å²) in [4.78, 5) is 23.3. The van der Waals surface area contributed by atoms with E-state index in [0.29, 0.717) is 34.4 Å². The van der Waals surface area contributed by atoms with Crippen LogP contribution in [0.4, 0.5) is 0 Å². The summed E-state index contributed by atoms with van der Waals surface area (Å²) in [7, 11) is 1.53. The van der Waals surface area contributed by atoms with Crippen molar-refractivity contribution in [1.82, 2.24) is 4.57 Å². The van der Waals surface area contributed by atoms with Crippen molar-refractivity contribution in [2.75, 3.05) is 13.7 Å². The van der Waals surface area contributed by atoms with E-state index in [1.165, 1.54) is 7.11 Å². The van der Waals surface area contributed by atoms with E-state index in [0.717, 1.165) is 16.6 Å². The van der Waals surface area contributed by atoms with Gasteiger partial charge < -0.3 is 26.3 Å². The summed E-state index contributed by atoms with van der Waals surface area (Å²) in [5.41, 5.74) is 8.60. The molecule has 0 saturated carbocycles. The summed E-state index contributed by atoms with van der Waals surface area (Å²) in [6.07, 6.45) is 0. The number of carboxylic acid groups (broad SMARTS) is 1. The molecule has 4 rings (SSSR count). The van der Waals surface area contributed by atoms with Crippen LogP contribution in [0.15, 0.2) is 60.7 Å². The molecule has 0 bridgehead atoms. The first-order valence-electron chi connectivity index (χ1n) is 9.31. The number of carbonyl (C=O) groups is 2. The van der Waals surface area contributed by atoms with Crippen LogP contribution in [0, 0.1) is 0 Å². The van der Waals surface area contributed by atoms with Gasteiger partial charge in [0.2, 0.25) is 5.91 Å². The molecule has 1 amide bonds. The minimum Gasteiger partial charge on any atom is -1.00 e. The van der Waals surface area contributed by atoms with E-state index < -0.39 is 18.5 Å². The number of hydrogen-bond acceptors (Lipinski definition) is 4. The van der Waals surface area contributed by atoms with E-state index in [1.54, 1.807) is 18.2 Å². The number of amides is 1. The smallest absolute Gasteiger partial charge is 1.00 e. The van der Waals surface area contributed by atoms with Crippen LogP contribution in [0.2, 0.25) is 0 Å². The van der Waals surface area contributed by atoms with E-state index in [2.05, 4.69) is 0 Å². The predicted molar refractivity (Wildman–Crippen MR) is 114 cm³/mol. The molecular formula is C23H21N2NaO5. The number of aromatic nitrogens is 1. The molecule has 31 heavy (non-hydrogen) atoms. The van der Waals surface area contributed by atoms with Crippen molar-refractivity contribution < 1.29 is 55.2 Å². The second-order valence-electron chi connectivity index (χ2n) is 6.84. The van der Waals surface area contributed by atoms with Crippen LogP contribution >= 0.6 is 0 Å². The molecule has 0 radical (unpaired) electrons. The Labute approximate surface area is 202 Å². The van der Waals surface area contributed by atoms with Gasteiger partial charge in [-0.05, 0) is 17.7 Å². The van der Waals surface area contributed by atoms with E-state index in [9.17, 15) is 9.59 Å². The molecule has 154 valence electrons. The number of rotatable bonds is 7. The van der Waals surface area contributed by atoms with Crippen molar-refractivity contribution in [2.45, 2.75) is 6.54 Å². The van der Waals surface area contributed by atoms with Gasteiger partial charge in [0.25, 0.3) is 0 Å². The number of ether oxygens (including phenoxy) is 2. The van der Waals surface area contributed by atoms with Crippen molar-refractivity contribution >= 4 is 33.7 Å². The number of carbonyl (C=O) groups excluding carboxylic acids is 1. The number of benzene rings is 3. The predicted octanol–water partition coefficient (Wildman–Crippen LogP) is 0.530. The molecule has 1 aromatic heterocycles. The van der Waals surface area contributed by atoms with Gasteiger partial charge in [-0.3, -0.25) is 4.79 Å². The summed E-state index contributed by atoms with van der Waals surface area (Å²) in [6.45, 7) is 0.0148. The number of aliphatic carboxylic acids is 1. The van der Waals surface area contributed by atoms with Crippen LogP contribution in [-0.4, -0.2) is 35.3 Å². The molecule has 7 nitrogen and oxygen atoms in total. The second kappa shape index (κ2) is 9.43. The van der Waals surface area contributed by atoms with Crippen LogP contribution in [-0.2, 0) is 11.3 Å². The molecule has 1 heterocycles. The third kappa shape index (κ3) is 4.39. The van der Waals surface area contributed by atoms with Gasteiger partial charge in [-0.2, -0.15) is 0 Å². The number of fused-ring (bicyclic) bond motifs is 3. The molecule has 0 aliphatic rings. The normalized spacial score (nSPS) is 10.6. The van der Waals surface area contributed by atoms with Gasteiger partial charge in [-0.25, -0.2) is 4.79 Å². The largest absolute Gasteiger partial charge is 1.00 e. The number of hydrogen-bond donors (Lipinski definition) is 2. The fourth-order valence-corrected chi connectivity index (χ4v) is 3.71. The molecule has 0 aliphatic heterocycles. The summed E-state index contributed by atoms with van der Waals surface area (Å²) in [5.74, 6) is -0.841. The summed E-state index contributed by atoms with van der Waals surface area (Å²) in [6, 6.07) is 18.7. The van der Waals surface area contributed by atoms with Crippen LogP contribution in [0.3, 0.4) is 0 Å². The number of nitrogens with zero attached hydrogens (tertiary/aromatic N) is 1. The Hall–Kier alpha value is -3.00. The molecule has 0 unspecified atom stereocenters. The van der Waals surface area contributed by atoms with Crippen molar-refractivity contribution in [1.29, 1.82) is 0 Å². The Bertz CT molecular complexity index is 1270. The van der Waals surface area contributed by atoms with Crippen LogP contribution in [0.5, 0.6) is 11.5 Å². The molecule has 0 fully saturated rings. The third-order valence-electron chi connectivity index (χ3n) is 4.96. The number of methoxy groups -OCH3 is 1. The molecule has 0 saturated heterocycles. The molecule has 0 atom stereocenters. The van der Waals surface area contributed by atoms with Gasteiger partial charge in [-0.1, -0.05) is 36.4 Å².